The van der Waals surface area contributed by atoms with Crippen molar-refractivity contribution in [1.82, 2.24) is 9.97 Å². The summed E-state index contributed by atoms with van der Waals surface area (Å²) in [7, 11) is 1.63. The SMILES string of the molecule is COC1CC(Nc2nccc(C(F)(F)F)n2)C1(C)C. The molecule has 106 valence electrons. The van der Waals surface area contributed by atoms with Crippen molar-refractivity contribution in [1.29, 1.82) is 0 Å². The molecule has 1 N–H and O–H groups in total. The van der Waals surface area contributed by atoms with Gasteiger partial charge in [-0.2, -0.15) is 13.2 Å². The van der Waals surface area contributed by atoms with Crippen LogP contribution in [0.2, 0.25) is 0 Å². The Morgan fingerprint density at radius 2 is 2.11 bits per heavy atom. The lowest BCUT2D eigenvalue weighted by Crippen LogP contribution is -2.57. The molecule has 0 radical (unpaired) electrons. The van der Waals surface area contributed by atoms with Gasteiger partial charge in [-0.05, 0) is 12.5 Å². The fourth-order valence-electron chi connectivity index (χ4n) is 2.27. The number of halogens is 3. The largest absolute Gasteiger partial charge is 0.433 e. The zero-order valence-electron chi connectivity index (χ0n) is 11.0. The first-order valence-corrected chi connectivity index (χ1v) is 5.94. The molecule has 7 heteroatoms. The number of nitrogens with zero attached hydrogens (tertiary/aromatic N) is 2. The minimum absolute atomic E-state index is 0.000865. The number of hydrogen-bond acceptors (Lipinski definition) is 4. The van der Waals surface area contributed by atoms with E-state index in [0.29, 0.717) is 0 Å². The molecule has 0 aliphatic heterocycles. The van der Waals surface area contributed by atoms with Crippen LogP contribution in [0.5, 0.6) is 0 Å². The van der Waals surface area contributed by atoms with E-state index in [2.05, 4.69) is 15.3 Å². The van der Waals surface area contributed by atoms with E-state index in [1.807, 2.05) is 13.8 Å². The van der Waals surface area contributed by atoms with Gasteiger partial charge in [-0.3, -0.25) is 0 Å². The van der Waals surface area contributed by atoms with Crippen molar-refractivity contribution in [2.45, 2.75) is 38.6 Å². The smallest absolute Gasteiger partial charge is 0.381 e. The second-order valence-electron chi connectivity index (χ2n) is 5.24. The Hall–Kier alpha value is -1.37. The summed E-state index contributed by atoms with van der Waals surface area (Å²) >= 11 is 0. The van der Waals surface area contributed by atoms with Gasteiger partial charge in [0, 0.05) is 24.8 Å². The molecular weight excluding hydrogens is 259 g/mol. The normalized spacial score (nSPS) is 25.8. The number of anilines is 1. The predicted molar refractivity (Wildman–Crippen MR) is 63.6 cm³/mol. The van der Waals surface area contributed by atoms with Crippen LogP contribution in [0.1, 0.15) is 26.0 Å². The number of ether oxygens (including phenoxy) is 1. The van der Waals surface area contributed by atoms with Crippen LogP contribution in [0.15, 0.2) is 12.3 Å². The van der Waals surface area contributed by atoms with Crippen LogP contribution in [-0.2, 0) is 10.9 Å². The second-order valence-corrected chi connectivity index (χ2v) is 5.24. The van der Waals surface area contributed by atoms with Gasteiger partial charge in [0.25, 0.3) is 0 Å². The fourth-order valence-corrected chi connectivity index (χ4v) is 2.27. The highest BCUT2D eigenvalue weighted by Crippen LogP contribution is 2.43. The summed E-state index contributed by atoms with van der Waals surface area (Å²) in [6, 6.07) is 0.857. The third-order valence-corrected chi connectivity index (χ3v) is 3.71. The summed E-state index contributed by atoms with van der Waals surface area (Å²) in [5, 5.41) is 2.94. The monoisotopic (exact) mass is 275 g/mol. The van der Waals surface area contributed by atoms with Gasteiger partial charge in [-0.25, -0.2) is 9.97 Å². The standard InChI is InChI=1S/C12H16F3N3O/c1-11(2)8(6-9(11)19-3)18-10-16-5-4-7(17-10)12(13,14)15/h4-5,8-9H,6H2,1-3H3,(H,16,17,18). The lowest BCUT2D eigenvalue weighted by atomic mass is 9.64. The van der Waals surface area contributed by atoms with Gasteiger partial charge >= 0.3 is 6.18 Å². The maximum absolute atomic E-state index is 12.5. The van der Waals surface area contributed by atoms with Crippen molar-refractivity contribution >= 4 is 5.95 Å². The van der Waals surface area contributed by atoms with Crippen molar-refractivity contribution in [2.24, 2.45) is 5.41 Å². The predicted octanol–water partition coefficient (Wildman–Crippen LogP) is 2.72. The van der Waals surface area contributed by atoms with Crippen LogP contribution >= 0.6 is 0 Å². The van der Waals surface area contributed by atoms with Crippen LogP contribution in [0, 0.1) is 5.41 Å². The minimum atomic E-state index is -4.45. The van der Waals surface area contributed by atoms with Crippen molar-refractivity contribution < 1.29 is 17.9 Å². The molecule has 0 amide bonds. The molecule has 1 saturated carbocycles. The van der Waals surface area contributed by atoms with E-state index in [1.165, 1.54) is 0 Å². The third kappa shape index (κ3) is 2.65. The van der Waals surface area contributed by atoms with Crippen molar-refractivity contribution in [2.75, 3.05) is 12.4 Å². The highest BCUT2D eigenvalue weighted by atomic mass is 19.4. The van der Waals surface area contributed by atoms with Crippen LogP contribution in [-0.4, -0.2) is 29.2 Å². The average Bonchev–Trinajstić information content (AvgIpc) is 2.33. The van der Waals surface area contributed by atoms with Gasteiger partial charge in [-0.15, -0.1) is 0 Å². The molecule has 1 aliphatic rings. The lowest BCUT2D eigenvalue weighted by Gasteiger charge is -2.51. The fraction of sp³-hybridized carbons (Fsp3) is 0.667. The Labute approximate surface area is 109 Å². The van der Waals surface area contributed by atoms with Crippen LogP contribution in [0.3, 0.4) is 0 Å². The maximum Gasteiger partial charge on any atom is 0.433 e. The molecule has 0 aromatic carbocycles. The van der Waals surface area contributed by atoms with Gasteiger partial charge in [-0.1, -0.05) is 13.8 Å². The Kier molecular flexibility index (Phi) is 3.42. The van der Waals surface area contributed by atoms with Gasteiger partial charge in [0.15, 0.2) is 0 Å². The molecule has 1 aliphatic carbocycles. The van der Waals surface area contributed by atoms with E-state index >= 15 is 0 Å². The van der Waals surface area contributed by atoms with Crippen molar-refractivity contribution in [3.05, 3.63) is 18.0 Å². The zero-order chi connectivity index (χ0) is 14.3. The van der Waals surface area contributed by atoms with E-state index < -0.39 is 11.9 Å². The quantitative estimate of drug-likeness (QED) is 0.921. The highest BCUT2D eigenvalue weighted by molar-refractivity contribution is 5.31. The van der Waals surface area contributed by atoms with E-state index in [-0.39, 0.29) is 23.5 Å². The lowest BCUT2D eigenvalue weighted by molar-refractivity contribution is -0.141. The molecule has 0 spiro atoms. The van der Waals surface area contributed by atoms with Crippen molar-refractivity contribution in [3.63, 3.8) is 0 Å². The van der Waals surface area contributed by atoms with Gasteiger partial charge in [0.05, 0.1) is 6.10 Å². The highest BCUT2D eigenvalue weighted by Gasteiger charge is 2.49. The van der Waals surface area contributed by atoms with Crippen LogP contribution in [0.4, 0.5) is 19.1 Å². The van der Waals surface area contributed by atoms with Crippen LogP contribution in [0.25, 0.3) is 0 Å². The first-order chi connectivity index (χ1) is 8.75. The third-order valence-electron chi connectivity index (χ3n) is 3.71. The molecule has 2 rings (SSSR count). The Bertz CT molecular complexity index is 462. The Morgan fingerprint density at radius 1 is 1.42 bits per heavy atom. The number of hydrogen-bond donors (Lipinski definition) is 1. The summed E-state index contributed by atoms with van der Waals surface area (Å²) in [5.74, 6) is 0.00227. The molecule has 1 aromatic heterocycles. The molecule has 4 nitrogen and oxygen atoms in total. The van der Waals surface area contributed by atoms with E-state index in [0.717, 1.165) is 18.7 Å². The number of nitrogens with one attached hydrogen (secondary N) is 1. The first kappa shape index (κ1) is 14.0. The summed E-state index contributed by atoms with van der Waals surface area (Å²) in [6.45, 7) is 3.99. The summed E-state index contributed by atoms with van der Waals surface area (Å²) < 4.78 is 42.9. The van der Waals surface area contributed by atoms with Gasteiger partial charge in [0.2, 0.25) is 5.95 Å². The van der Waals surface area contributed by atoms with E-state index in [4.69, 9.17) is 4.74 Å². The summed E-state index contributed by atoms with van der Waals surface area (Å²) in [5.41, 5.74) is -1.10. The number of aromatic nitrogens is 2. The average molecular weight is 275 g/mol. The first-order valence-electron chi connectivity index (χ1n) is 5.94. The molecule has 1 heterocycles. The zero-order valence-corrected chi connectivity index (χ0v) is 11.0. The molecular formula is C12H16F3N3O. The molecule has 1 aromatic rings. The number of rotatable bonds is 3. The maximum atomic E-state index is 12.5. The molecule has 2 unspecified atom stereocenters. The van der Waals surface area contributed by atoms with E-state index in [9.17, 15) is 13.2 Å². The molecule has 0 bridgehead atoms. The van der Waals surface area contributed by atoms with Crippen LogP contribution < -0.4 is 5.32 Å². The number of alkyl halides is 3. The topological polar surface area (TPSA) is 47.0 Å². The molecule has 1 fully saturated rings. The van der Waals surface area contributed by atoms with Gasteiger partial charge in [0.1, 0.15) is 5.69 Å². The summed E-state index contributed by atoms with van der Waals surface area (Å²) in [4.78, 5) is 7.32. The minimum Gasteiger partial charge on any atom is -0.381 e. The molecule has 0 saturated heterocycles. The molecule has 2 atom stereocenters. The Balaban J connectivity index is 2.09. The summed E-state index contributed by atoms with van der Waals surface area (Å²) in [6.07, 6.45) is -2.53. The second kappa shape index (κ2) is 4.63. The van der Waals surface area contributed by atoms with Crippen molar-refractivity contribution in [3.8, 4) is 0 Å². The molecule has 19 heavy (non-hydrogen) atoms. The number of methoxy groups -OCH3 is 1. The Morgan fingerprint density at radius 3 is 2.63 bits per heavy atom. The van der Waals surface area contributed by atoms with E-state index in [1.54, 1.807) is 7.11 Å². The van der Waals surface area contributed by atoms with Gasteiger partial charge < -0.3 is 10.1 Å².